The number of hydrogen-bond donors (Lipinski definition) is 1. The first kappa shape index (κ1) is 11.4. The van der Waals surface area contributed by atoms with E-state index in [0.29, 0.717) is 12.1 Å². The van der Waals surface area contributed by atoms with Crippen molar-refractivity contribution in [2.75, 3.05) is 26.3 Å². The zero-order chi connectivity index (χ0) is 10.7. The maximum atomic E-state index is 5.35. The molecule has 2 fully saturated rings. The molecule has 3 nitrogen and oxygen atoms in total. The van der Waals surface area contributed by atoms with Gasteiger partial charge in [0, 0.05) is 37.8 Å². The smallest absolute Gasteiger partial charge is 0.0620 e. The van der Waals surface area contributed by atoms with Crippen LogP contribution in [0.15, 0.2) is 0 Å². The lowest BCUT2D eigenvalue weighted by molar-refractivity contribution is 0.184. The van der Waals surface area contributed by atoms with E-state index in [-0.39, 0.29) is 0 Å². The molecule has 0 amide bonds. The lowest BCUT2D eigenvalue weighted by atomic mass is 10.2. The van der Waals surface area contributed by atoms with Crippen molar-refractivity contribution in [1.82, 2.24) is 10.2 Å². The van der Waals surface area contributed by atoms with Crippen LogP contribution in [0.3, 0.4) is 0 Å². The molecule has 88 valence electrons. The zero-order valence-electron chi connectivity index (χ0n) is 10.0. The highest BCUT2D eigenvalue weighted by atomic mass is 16.5. The molecule has 1 atom stereocenters. The Morgan fingerprint density at radius 3 is 2.67 bits per heavy atom. The topological polar surface area (TPSA) is 24.5 Å². The largest absolute Gasteiger partial charge is 0.380 e. The summed E-state index contributed by atoms with van der Waals surface area (Å²) in [5.41, 5.74) is 0. The Labute approximate surface area is 93.2 Å². The van der Waals surface area contributed by atoms with E-state index in [1.807, 2.05) is 0 Å². The van der Waals surface area contributed by atoms with Crippen molar-refractivity contribution >= 4 is 0 Å². The van der Waals surface area contributed by atoms with Crippen LogP contribution in [0.2, 0.25) is 0 Å². The predicted octanol–water partition coefficient (Wildman–Crippen LogP) is 1.24. The first-order chi connectivity index (χ1) is 7.27. The van der Waals surface area contributed by atoms with Crippen LogP contribution in [-0.2, 0) is 4.74 Å². The van der Waals surface area contributed by atoms with Gasteiger partial charge in [-0.3, -0.25) is 4.90 Å². The molecule has 0 spiro atoms. The fourth-order valence-corrected chi connectivity index (χ4v) is 2.36. The quantitative estimate of drug-likeness (QED) is 0.717. The van der Waals surface area contributed by atoms with Crippen molar-refractivity contribution in [2.24, 2.45) is 0 Å². The molecule has 0 radical (unpaired) electrons. The Balaban J connectivity index is 1.62. The van der Waals surface area contributed by atoms with Crippen LogP contribution < -0.4 is 5.32 Å². The molecule has 0 aromatic heterocycles. The van der Waals surface area contributed by atoms with E-state index < -0.39 is 0 Å². The maximum Gasteiger partial charge on any atom is 0.0620 e. The molecule has 1 unspecified atom stereocenters. The summed E-state index contributed by atoms with van der Waals surface area (Å²) < 4.78 is 5.35. The Bertz CT molecular complexity index is 184. The third kappa shape index (κ3) is 3.44. The Morgan fingerprint density at radius 1 is 1.33 bits per heavy atom. The summed E-state index contributed by atoms with van der Waals surface area (Å²) in [4.78, 5) is 2.63. The van der Waals surface area contributed by atoms with E-state index >= 15 is 0 Å². The molecule has 0 bridgehead atoms. The van der Waals surface area contributed by atoms with Gasteiger partial charge in [-0.15, -0.1) is 0 Å². The number of rotatable bonds is 6. The summed E-state index contributed by atoms with van der Waals surface area (Å²) in [6.45, 7) is 8.76. The maximum absolute atomic E-state index is 5.35. The van der Waals surface area contributed by atoms with Gasteiger partial charge in [0.15, 0.2) is 0 Å². The van der Waals surface area contributed by atoms with Gasteiger partial charge in [0.05, 0.1) is 6.61 Å². The van der Waals surface area contributed by atoms with Gasteiger partial charge in [-0.05, 0) is 33.1 Å². The van der Waals surface area contributed by atoms with Gasteiger partial charge in [-0.2, -0.15) is 0 Å². The summed E-state index contributed by atoms with van der Waals surface area (Å²) >= 11 is 0. The van der Waals surface area contributed by atoms with Crippen molar-refractivity contribution in [3.8, 4) is 0 Å². The average molecular weight is 212 g/mol. The third-order valence-electron chi connectivity index (χ3n) is 3.41. The number of ether oxygens (including phenoxy) is 1. The second-order valence-corrected chi connectivity index (χ2v) is 5.08. The molecule has 2 aliphatic rings. The molecule has 1 aliphatic carbocycles. The van der Waals surface area contributed by atoms with Crippen LogP contribution in [0.4, 0.5) is 0 Å². The van der Waals surface area contributed by atoms with E-state index in [0.717, 1.165) is 25.8 Å². The summed E-state index contributed by atoms with van der Waals surface area (Å²) in [6.07, 6.45) is 4.00. The first-order valence-corrected chi connectivity index (χ1v) is 6.34. The van der Waals surface area contributed by atoms with Crippen LogP contribution >= 0.6 is 0 Å². The lowest BCUT2D eigenvalue weighted by Gasteiger charge is -2.27. The molecule has 1 saturated heterocycles. The van der Waals surface area contributed by atoms with Gasteiger partial charge in [0.2, 0.25) is 0 Å². The summed E-state index contributed by atoms with van der Waals surface area (Å²) in [5.74, 6) is 0. The Morgan fingerprint density at radius 2 is 2.13 bits per heavy atom. The molecule has 0 aromatic carbocycles. The first-order valence-electron chi connectivity index (χ1n) is 6.34. The number of nitrogens with one attached hydrogen (secondary N) is 1. The molecule has 2 rings (SSSR count). The van der Waals surface area contributed by atoms with Crippen molar-refractivity contribution in [2.45, 2.75) is 51.2 Å². The average Bonchev–Trinajstić information content (AvgIpc) is 2.89. The monoisotopic (exact) mass is 212 g/mol. The summed E-state index contributed by atoms with van der Waals surface area (Å²) in [6, 6.07) is 2.18. The number of nitrogens with zero attached hydrogens (tertiary/aromatic N) is 1. The molecule has 1 heterocycles. The van der Waals surface area contributed by atoms with E-state index in [4.69, 9.17) is 4.74 Å². The number of hydrogen-bond acceptors (Lipinski definition) is 3. The van der Waals surface area contributed by atoms with Gasteiger partial charge < -0.3 is 10.1 Å². The van der Waals surface area contributed by atoms with Crippen LogP contribution in [0.25, 0.3) is 0 Å². The minimum absolute atomic E-state index is 0.609. The lowest BCUT2D eigenvalue weighted by Crippen LogP contribution is -2.41. The molecule has 15 heavy (non-hydrogen) atoms. The molecule has 1 N–H and O–H groups in total. The summed E-state index contributed by atoms with van der Waals surface area (Å²) in [5, 5.41) is 3.58. The highest BCUT2D eigenvalue weighted by Crippen LogP contribution is 2.27. The molecule has 0 aromatic rings. The highest BCUT2D eigenvalue weighted by molar-refractivity contribution is 4.86. The predicted molar refractivity (Wildman–Crippen MR) is 62.1 cm³/mol. The Kier molecular flexibility index (Phi) is 4.00. The van der Waals surface area contributed by atoms with Gasteiger partial charge >= 0.3 is 0 Å². The van der Waals surface area contributed by atoms with Gasteiger partial charge in [0.25, 0.3) is 0 Å². The van der Waals surface area contributed by atoms with Crippen molar-refractivity contribution < 1.29 is 4.74 Å². The van der Waals surface area contributed by atoms with E-state index in [2.05, 4.69) is 24.1 Å². The zero-order valence-corrected chi connectivity index (χ0v) is 10.0. The van der Waals surface area contributed by atoms with Crippen LogP contribution in [0.5, 0.6) is 0 Å². The fourth-order valence-electron chi connectivity index (χ4n) is 2.36. The van der Waals surface area contributed by atoms with E-state index in [1.165, 1.54) is 25.8 Å². The highest BCUT2D eigenvalue weighted by Gasteiger charge is 2.30. The standard InChI is InChI=1S/C12H24N2O/c1-10(2)14(12-3-4-12)7-6-13-11-5-8-15-9-11/h10-13H,3-9H2,1-2H3. The van der Waals surface area contributed by atoms with Gasteiger partial charge in [-0.25, -0.2) is 0 Å². The molecular formula is C12H24N2O. The summed E-state index contributed by atoms with van der Waals surface area (Å²) in [7, 11) is 0. The normalized spacial score (nSPS) is 26.8. The van der Waals surface area contributed by atoms with Crippen LogP contribution in [0.1, 0.15) is 33.1 Å². The van der Waals surface area contributed by atoms with Crippen LogP contribution in [-0.4, -0.2) is 49.3 Å². The fraction of sp³-hybridized carbons (Fsp3) is 1.00. The Hall–Kier alpha value is -0.120. The van der Waals surface area contributed by atoms with Gasteiger partial charge in [0.1, 0.15) is 0 Å². The van der Waals surface area contributed by atoms with E-state index in [9.17, 15) is 0 Å². The molecule has 3 heteroatoms. The third-order valence-corrected chi connectivity index (χ3v) is 3.41. The molecule has 1 aliphatic heterocycles. The van der Waals surface area contributed by atoms with Crippen LogP contribution in [0, 0.1) is 0 Å². The second-order valence-electron chi connectivity index (χ2n) is 5.08. The van der Waals surface area contributed by atoms with Crippen molar-refractivity contribution in [3.63, 3.8) is 0 Å². The van der Waals surface area contributed by atoms with Crippen molar-refractivity contribution in [1.29, 1.82) is 0 Å². The second kappa shape index (κ2) is 5.28. The minimum Gasteiger partial charge on any atom is -0.380 e. The van der Waals surface area contributed by atoms with Crippen molar-refractivity contribution in [3.05, 3.63) is 0 Å². The molecular weight excluding hydrogens is 188 g/mol. The molecule has 1 saturated carbocycles. The van der Waals surface area contributed by atoms with Gasteiger partial charge in [-0.1, -0.05) is 0 Å². The SMILES string of the molecule is CC(C)N(CCNC1CCOC1)C1CC1. The van der Waals surface area contributed by atoms with E-state index in [1.54, 1.807) is 0 Å². The minimum atomic E-state index is 0.609.